The van der Waals surface area contributed by atoms with Crippen molar-refractivity contribution in [1.82, 2.24) is 4.98 Å². The molecule has 0 saturated heterocycles. The maximum Gasteiger partial charge on any atom is 0.416 e. The van der Waals surface area contributed by atoms with Gasteiger partial charge in [0.25, 0.3) is 0 Å². The van der Waals surface area contributed by atoms with E-state index in [4.69, 9.17) is 10.2 Å². The summed E-state index contributed by atoms with van der Waals surface area (Å²) < 4.78 is 36.7. The Morgan fingerprint density at radius 1 is 1.29 bits per heavy atom. The number of hydrogen-bond donors (Lipinski definition) is 3. The number of pyridine rings is 1. The van der Waals surface area contributed by atoms with E-state index in [1.807, 2.05) is 0 Å². The fourth-order valence-electron chi connectivity index (χ4n) is 1.81. The number of hydrogen-bond acceptors (Lipinski definition) is 4. The number of halogens is 3. The van der Waals surface area contributed by atoms with Crippen LogP contribution in [0.2, 0.25) is 0 Å². The van der Waals surface area contributed by atoms with Crippen molar-refractivity contribution in [2.45, 2.75) is 12.3 Å². The minimum atomic E-state index is -4.73. The van der Waals surface area contributed by atoms with Crippen molar-refractivity contribution in [1.29, 1.82) is 0 Å². The lowest BCUT2D eigenvalue weighted by atomic mass is 10.1. The highest BCUT2D eigenvalue weighted by molar-refractivity contribution is 6.06. The van der Waals surface area contributed by atoms with Crippen LogP contribution in [-0.2, 0) is 0 Å². The summed E-state index contributed by atoms with van der Waals surface area (Å²) in [5.74, 6) is -1.10. The van der Waals surface area contributed by atoms with Gasteiger partial charge in [0.15, 0.2) is 6.10 Å². The number of carboxylic acids is 1. The summed E-state index contributed by atoms with van der Waals surface area (Å²) in [5, 5.41) is 21.1. The predicted molar refractivity (Wildman–Crippen MR) is 69.3 cm³/mol. The van der Waals surface area contributed by atoms with Crippen molar-refractivity contribution in [3.63, 3.8) is 0 Å². The first-order chi connectivity index (χ1) is 9.80. The Labute approximate surface area is 117 Å². The lowest BCUT2D eigenvalue weighted by Crippen LogP contribution is -2.35. The zero-order chi connectivity index (χ0) is 15.6. The lowest BCUT2D eigenvalue weighted by Gasteiger charge is -2.16. The number of carboxylic acid groups (broad SMARTS) is 1. The minimum Gasteiger partial charge on any atom is -0.478 e. The van der Waals surface area contributed by atoms with Gasteiger partial charge in [-0.25, -0.2) is 9.78 Å². The number of aliphatic hydroxyl groups is 1. The molecule has 5 nitrogen and oxygen atoms in total. The summed E-state index contributed by atoms with van der Waals surface area (Å²) in [4.78, 5) is 14.9. The quantitative estimate of drug-likeness (QED) is 0.807. The molecular formula is C13H11F3N2O3. The van der Waals surface area contributed by atoms with E-state index in [2.05, 4.69) is 10.3 Å². The Bertz CT molecular complexity index is 673. The molecule has 112 valence electrons. The zero-order valence-electron chi connectivity index (χ0n) is 10.6. The van der Waals surface area contributed by atoms with Crippen LogP contribution in [0, 0.1) is 0 Å². The summed E-state index contributed by atoms with van der Waals surface area (Å²) in [6.07, 6.45) is -6.20. The van der Waals surface area contributed by atoms with E-state index in [1.54, 1.807) is 12.1 Å². The lowest BCUT2D eigenvalue weighted by molar-refractivity contribution is -0.198. The number of anilines is 1. The highest BCUT2D eigenvalue weighted by Gasteiger charge is 2.38. The average Bonchev–Trinajstić information content (AvgIpc) is 2.42. The van der Waals surface area contributed by atoms with Crippen LogP contribution in [0.25, 0.3) is 10.8 Å². The SMILES string of the molecule is O=C(O)c1cnc(NCC(O)C(F)(F)F)c2ccccc12. The number of fused-ring (bicyclic) bond motifs is 1. The Kier molecular flexibility index (Phi) is 3.99. The Balaban J connectivity index is 2.34. The molecule has 0 radical (unpaired) electrons. The summed E-state index contributed by atoms with van der Waals surface area (Å²) in [6, 6.07) is 6.30. The second-order valence-corrected chi connectivity index (χ2v) is 4.31. The van der Waals surface area contributed by atoms with Crippen LogP contribution in [0.1, 0.15) is 10.4 Å². The topological polar surface area (TPSA) is 82.5 Å². The number of aromatic carboxylic acids is 1. The van der Waals surface area contributed by atoms with Gasteiger partial charge in [0.2, 0.25) is 0 Å². The van der Waals surface area contributed by atoms with Gasteiger partial charge in [-0.15, -0.1) is 0 Å². The summed E-state index contributed by atoms with van der Waals surface area (Å²) in [7, 11) is 0. The molecular weight excluding hydrogens is 289 g/mol. The molecule has 2 rings (SSSR count). The molecule has 21 heavy (non-hydrogen) atoms. The molecule has 2 aromatic rings. The predicted octanol–water partition coefficient (Wildman–Crippen LogP) is 2.27. The number of benzene rings is 1. The van der Waals surface area contributed by atoms with Gasteiger partial charge >= 0.3 is 12.1 Å². The highest BCUT2D eigenvalue weighted by Crippen LogP contribution is 2.25. The molecule has 0 bridgehead atoms. The number of aromatic nitrogens is 1. The van der Waals surface area contributed by atoms with E-state index in [9.17, 15) is 18.0 Å². The highest BCUT2D eigenvalue weighted by atomic mass is 19.4. The van der Waals surface area contributed by atoms with Crippen LogP contribution in [0.3, 0.4) is 0 Å². The fourth-order valence-corrected chi connectivity index (χ4v) is 1.81. The molecule has 1 aromatic heterocycles. The molecule has 0 aliphatic carbocycles. The number of carbonyl (C=O) groups is 1. The van der Waals surface area contributed by atoms with Crippen LogP contribution in [0.15, 0.2) is 30.5 Å². The van der Waals surface area contributed by atoms with Gasteiger partial charge in [0.1, 0.15) is 5.82 Å². The third kappa shape index (κ3) is 3.22. The van der Waals surface area contributed by atoms with E-state index in [0.717, 1.165) is 6.20 Å². The molecule has 3 N–H and O–H groups in total. The third-order valence-corrected chi connectivity index (χ3v) is 2.87. The molecule has 1 aromatic carbocycles. The van der Waals surface area contributed by atoms with E-state index in [1.165, 1.54) is 12.1 Å². The largest absolute Gasteiger partial charge is 0.478 e. The van der Waals surface area contributed by atoms with Crippen molar-refractivity contribution in [3.05, 3.63) is 36.0 Å². The molecule has 8 heteroatoms. The molecule has 1 unspecified atom stereocenters. The minimum absolute atomic E-state index is 0.0486. The zero-order valence-corrected chi connectivity index (χ0v) is 10.6. The first-order valence-electron chi connectivity index (χ1n) is 5.90. The van der Waals surface area contributed by atoms with E-state index in [-0.39, 0.29) is 11.4 Å². The molecule has 0 amide bonds. The van der Waals surface area contributed by atoms with Gasteiger partial charge in [0, 0.05) is 17.0 Å². The molecule has 0 aliphatic heterocycles. The Morgan fingerprint density at radius 2 is 1.90 bits per heavy atom. The average molecular weight is 300 g/mol. The van der Waals surface area contributed by atoms with Crippen LogP contribution in [0.5, 0.6) is 0 Å². The van der Waals surface area contributed by atoms with Gasteiger partial charge in [-0.1, -0.05) is 24.3 Å². The van der Waals surface area contributed by atoms with Crippen LogP contribution in [0.4, 0.5) is 19.0 Å². The van der Waals surface area contributed by atoms with Gasteiger partial charge in [-0.3, -0.25) is 0 Å². The van der Waals surface area contributed by atoms with Crippen molar-refractivity contribution < 1.29 is 28.2 Å². The smallest absolute Gasteiger partial charge is 0.416 e. The molecule has 0 spiro atoms. The number of nitrogens with one attached hydrogen (secondary N) is 1. The Morgan fingerprint density at radius 3 is 2.48 bits per heavy atom. The normalized spacial score (nSPS) is 13.1. The fraction of sp³-hybridized carbons (Fsp3) is 0.231. The number of rotatable bonds is 4. The first-order valence-corrected chi connectivity index (χ1v) is 5.90. The number of nitrogens with zero attached hydrogens (tertiary/aromatic N) is 1. The van der Waals surface area contributed by atoms with Crippen LogP contribution >= 0.6 is 0 Å². The Hall–Kier alpha value is -2.35. The molecule has 0 saturated carbocycles. The maximum absolute atomic E-state index is 12.2. The first kappa shape index (κ1) is 15.0. The van der Waals surface area contributed by atoms with Crippen molar-refractivity contribution in [2.24, 2.45) is 0 Å². The molecule has 1 heterocycles. The monoisotopic (exact) mass is 300 g/mol. The number of alkyl halides is 3. The second kappa shape index (κ2) is 5.57. The van der Waals surface area contributed by atoms with Gasteiger partial charge in [-0.05, 0) is 0 Å². The van der Waals surface area contributed by atoms with Gasteiger partial charge in [0.05, 0.1) is 12.1 Å². The number of aliphatic hydroxyl groups excluding tert-OH is 1. The van der Waals surface area contributed by atoms with Crippen molar-refractivity contribution >= 4 is 22.6 Å². The van der Waals surface area contributed by atoms with E-state index >= 15 is 0 Å². The standard InChI is InChI=1S/C13H11F3N2O3/c14-13(15,16)10(19)6-18-11-8-4-2-1-3-7(8)9(5-17-11)12(20)21/h1-5,10,19H,6H2,(H,17,18)(H,20,21). The van der Waals surface area contributed by atoms with Crippen molar-refractivity contribution in [3.8, 4) is 0 Å². The molecule has 0 aliphatic rings. The van der Waals surface area contributed by atoms with Crippen LogP contribution < -0.4 is 5.32 Å². The van der Waals surface area contributed by atoms with Gasteiger partial charge in [-0.2, -0.15) is 13.2 Å². The van der Waals surface area contributed by atoms with Crippen molar-refractivity contribution in [2.75, 3.05) is 11.9 Å². The second-order valence-electron chi connectivity index (χ2n) is 4.31. The van der Waals surface area contributed by atoms with Gasteiger partial charge < -0.3 is 15.5 Å². The molecule has 0 fully saturated rings. The van der Waals surface area contributed by atoms with Crippen LogP contribution in [-0.4, -0.2) is 40.0 Å². The molecule has 1 atom stereocenters. The van der Waals surface area contributed by atoms with E-state index in [0.29, 0.717) is 10.8 Å². The maximum atomic E-state index is 12.2. The van der Waals surface area contributed by atoms with E-state index < -0.39 is 24.8 Å². The summed E-state index contributed by atoms with van der Waals surface area (Å²) in [5.41, 5.74) is -0.0486. The summed E-state index contributed by atoms with van der Waals surface area (Å²) >= 11 is 0. The summed E-state index contributed by atoms with van der Waals surface area (Å²) in [6.45, 7) is -0.771. The third-order valence-electron chi connectivity index (χ3n) is 2.87.